The molecule has 0 aliphatic heterocycles. The zero-order valence-electron chi connectivity index (χ0n) is 18.5. The highest BCUT2D eigenvalue weighted by atomic mass is 35.5. The van der Waals surface area contributed by atoms with Gasteiger partial charge in [-0.25, -0.2) is 0 Å². The van der Waals surface area contributed by atoms with Gasteiger partial charge in [0.2, 0.25) is 11.8 Å². The fourth-order valence-corrected chi connectivity index (χ4v) is 4.86. The van der Waals surface area contributed by atoms with E-state index in [0.29, 0.717) is 45.3 Å². The second-order valence-electron chi connectivity index (χ2n) is 7.87. The van der Waals surface area contributed by atoms with Gasteiger partial charge >= 0.3 is 0 Å². The number of benzene rings is 2. The molecule has 2 rings (SSSR count). The lowest BCUT2D eigenvalue weighted by Gasteiger charge is -2.31. The lowest BCUT2D eigenvalue weighted by atomic mass is 10.1. The first-order valence-electron chi connectivity index (χ1n) is 10.6. The minimum absolute atomic E-state index is 0.149. The Morgan fingerprint density at radius 2 is 1.62 bits per heavy atom. The van der Waals surface area contributed by atoms with Gasteiger partial charge in [-0.1, -0.05) is 79.8 Å². The van der Waals surface area contributed by atoms with E-state index in [4.69, 9.17) is 34.8 Å². The minimum Gasteiger partial charge on any atom is -0.354 e. The van der Waals surface area contributed by atoms with Crippen molar-refractivity contribution < 1.29 is 9.59 Å². The molecule has 2 aromatic carbocycles. The second-order valence-corrected chi connectivity index (χ2v) is 10.1. The maximum absolute atomic E-state index is 13.3. The monoisotopic (exact) mass is 514 g/mol. The largest absolute Gasteiger partial charge is 0.354 e. The highest BCUT2D eigenvalue weighted by molar-refractivity contribution is 7.99. The standard InChI is InChI=1S/C24H29Cl3N2O2S/c1-4-22(24(31)28-12-16(2)3)29(13-18-20(26)10-7-11-21(18)27)23(30)15-32-14-17-8-5-6-9-19(17)25/h5-11,16,22H,4,12-15H2,1-3H3,(H,28,31)/t22-/m0/s1. The summed E-state index contributed by atoms with van der Waals surface area (Å²) in [4.78, 5) is 27.8. The topological polar surface area (TPSA) is 49.4 Å². The normalized spacial score (nSPS) is 12.0. The second kappa shape index (κ2) is 13.3. The third kappa shape index (κ3) is 7.87. The molecule has 32 heavy (non-hydrogen) atoms. The lowest BCUT2D eigenvalue weighted by molar-refractivity contribution is -0.139. The van der Waals surface area contributed by atoms with Crippen molar-refractivity contribution in [2.45, 2.75) is 45.5 Å². The number of hydrogen-bond acceptors (Lipinski definition) is 3. The van der Waals surface area contributed by atoms with Crippen LogP contribution in [0.5, 0.6) is 0 Å². The van der Waals surface area contributed by atoms with Crippen LogP contribution in [0.3, 0.4) is 0 Å². The zero-order valence-corrected chi connectivity index (χ0v) is 21.6. The third-order valence-electron chi connectivity index (χ3n) is 4.90. The molecule has 0 aliphatic carbocycles. The number of nitrogens with zero attached hydrogens (tertiary/aromatic N) is 1. The van der Waals surface area contributed by atoms with Gasteiger partial charge in [-0.05, 0) is 36.1 Å². The van der Waals surface area contributed by atoms with E-state index in [-0.39, 0.29) is 24.1 Å². The molecule has 1 N–H and O–H groups in total. The Morgan fingerprint density at radius 1 is 1.00 bits per heavy atom. The maximum atomic E-state index is 13.3. The molecule has 0 aliphatic rings. The average molecular weight is 516 g/mol. The maximum Gasteiger partial charge on any atom is 0.242 e. The van der Waals surface area contributed by atoms with Gasteiger partial charge in [0, 0.05) is 39.5 Å². The first-order valence-corrected chi connectivity index (χ1v) is 12.8. The number of thioether (sulfide) groups is 1. The summed E-state index contributed by atoms with van der Waals surface area (Å²) < 4.78 is 0. The Kier molecular flexibility index (Phi) is 11.2. The molecule has 0 aromatic heterocycles. The summed E-state index contributed by atoms with van der Waals surface area (Å²) in [6, 6.07) is 12.2. The molecular weight excluding hydrogens is 487 g/mol. The molecule has 2 amide bonds. The van der Waals surface area contributed by atoms with Crippen molar-refractivity contribution in [1.82, 2.24) is 10.2 Å². The lowest BCUT2D eigenvalue weighted by Crippen LogP contribution is -2.50. The summed E-state index contributed by atoms with van der Waals surface area (Å²) in [7, 11) is 0. The van der Waals surface area contributed by atoms with Gasteiger partial charge in [-0.2, -0.15) is 0 Å². The van der Waals surface area contributed by atoms with Crippen LogP contribution in [-0.2, 0) is 21.9 Å². The number of carbonyl (C=O) groups is 2. The van der Waals surface area contributed by atoms with E-state index < -0.39 is 6.04 Å². The Hall–Kier alpha value is -1.40. The molecule has 2 aromatic rings. The fourth-order valence-electron chi connectivity index (χ4n) is 3.14. The predicted molar refractivity (Wildman–Crippen MR) is 137 cm³/mol. The van der Waals surface area contributed by atoms with Gasteiger partial charge in [-0.3, -0.25) is 9.59 Å². The van der Waals surface area contributed by atoms with Crippen molar-refractivity contribution in [1.29, 1.82) is 0 Å². The zero-order chi connectivity index (χ0) is 23.7. The van der Waals surface area contributed by atoms with Gasteiger partial charge in [0.25, 0.3) is 0 Å². The van der Waals surface area contributed by atoms with Gasteiger partial charge < -0.3 is 10.2 Å². The van der Waals surface area contributed by atoms with Gasteiger partial charge in [0.15, 0.2) is 0 Å². The molecule has 0 fully saturated rings. The molecule has 0 heterocycles. The van der Waals surface area contributed by atoms with Crippen molar-refractivity contribution in [2.75, 3.05) is 12.3 Å². The number of amides is 2. The molecule has 174 valence electrons. The third-order valence-corrected chi connectivity index (χ3v) is 6.94. The van der Waals surface area contributed by atoms with E-state index in [1.54, 1.807) is 23.1 Å². The van der Waals surface area contributed by atoms with Crippen LogP contribution in [0, 0.1) is 5.92 Å². The van der Waals surface area contributed by atoms with Crippen LogP contribution in [0.15, 0.2) is 42.5 Å². The van der Waals surface area contributed by atoms with Gasteiger partial charge in [0.1, 0.15) is 6.04 Å². The van der Waals surface area contributed by atoms with Crippen molar-refractivity contribution in [3.8, 4) is 0 Å². The van der Waals surface area contributed by atoms with E-state index >= 15 is 0 Å². The number of carbonyl (C=O) groups excluding carboxylic acids is 2. The summed E-state index contributed by atoms with van der Waals surface area (Å²) in [6.07, 6.45) is 0.479. The van der Waals surface area contributed by atoms with Crippen molar-refractivity contribution in [2.24, 2.45) is 5.92 Å². The van der Waals surface area contributed by atoms with E-state index in [9.17, 15) is 9.59 Å². The summed E-state index contributed by atoms with van der Waals surface area (Å²) in [5, 5.41) is 4.56. The number of halogens is 3. The van der Waals surface area contributed by atoms with Crippen molar-refractivity contribution in [3.05, 3.63) is 68.7 Å². The van der Waals surface area contributed by atoms with Crippen LogP contribution in [0.1, 0.15) is 38.3 Å². The van der Waals surface area contributed by atoms with E-state index in [1.165, 1.54) is 11.8 Å². The highest BCUT2D eigenvalue weighted by Crippen LogP contribution is 2.28. The quantitative estimate of drug-likeness (QED) is 0.373. The summed E-state index contributed by atoms with van der Waals surface area (Å²) in [5.41, 5.74) is 1.60. The molecule has 0 saturated heterocycles. The Balaban J connectivity index is 2.20. The average Bonchev–Trinajstić information content (AvgIpc) is 2.75. The molecule has 1 atom stereocenters. The van der Waals surface area contributed by atoms with Crippen LogP contribution >= 0.6 is 46.6 Å². The molecule has 0 bridgehead atoms. The molecule has 0 unspecified atom stereocenters. The molecule has 0 saturated carbocycles. The predicted octanol–water partition coefficient (Wildman–Crippen LogP) is 6.46. The fraction of sp³-hybridized carbons (Fsp3) is 0.417. The molecule has 0 radical (unpaired) electrons. The van der Waals surface area contributed by atoms with E-state index in [0.717, 1.165) is 5.56 Å². The Labute approximate surface area is 210 Å². The first kappa shape index (κ1) is 26.8. The number of nitrogens with one attached hydrogen (secondary N) is 1. The number of rotatable bonds is 11. The molecule has 8 heteroatoms. The first-order chi connectivity index (χ1) is 15.2. The molecule has 4 nitrogen and oxygen atoms in total. The Morgan fingerprint density at radius 3 is 2.22 bits per heavy atom. The van der Waals surface area contributed by atoms with Gasteiger partial charge in [-0.15, -0.1) is 11.8 Å². The van der Waals surface area contributed by atoms with Crippen molar-refractivity contribution >= 4 is 58.4 Å². The van der Waals surface area contributed by atoms with Crippen molar-refractivity contribution in [3.63, 3.8) is 0 Å². The van der Waals surface area contributed by atoms with Gasteiger partial charge in [0.05, 0.1) is 5.75 Å². The van der Waals surface area contributed by atoms with Crippen LogP contribution in [-0.4, -0.2) is 35.1 Å². The summed E-state index contributed by atoms with van der Waals surface area (Å²) in [5.74, 6) is 0.798. The van der Waals surface area contributed by atoms with Crippen LogP contribution in [0.4, 0.5) is 0 Å². The number of hydrogen-bond donors (Lipinski definition) is 1. The highest BCUT2D eigenvalue weighted by Gasteiger charge is 2.29. The van der Waals surface area contributed by atoms with Crippen LogP contribution in [0.25, 0.3) is 0 Å². The smallest absolute Gasteiger partial charge is 0.242 e. The molecular formula is C24H29Cl3N2O2S. The molecule has 0 spiro atoms. The summed E-state index contributed by atoms with van der Waals surface area (Å²) in [6.45, 7) is 6.66. The Bertz CT molecular complexity index is 904. The minimum atomic E-state index is -0.616. The van der Waals surface area contributed by atoms with E-state index in [2.05, 4.69) is 5.32 Å². The summed E-state index contributed by atoms with van der Waals surface area (Å²) >= 11 is 20.4. The van der Waals surface area contributed by atoms with E-state index in [1.807, 2.05) is 45.0 Å². The van der Waals surface area contributed by atoms with Crippen LogP contribution < -0.4 is 5.32 Å². The SMILES string of the molecule is CC[C@@H](C(=O)NCC(C)C)N(Cc1c(Cl)cccc1Cl)C(=O)CSCc1ccccc1Cl. The van der Waals surface area contributed by atoms with Crippen LogP contribution in [0.2, 0.25) is 15.1 Å².